The maximum Gasteiger partial charge on any atom is 0.202 e. The van der Waals surface area contributed by atoms with Crippen molar-refractivity contribution < 1.29 is 4.79 Å². The van der Waals surface area contributed by atoms with Crippen molar-refractivity contribution in [2.24, 2.45) is 5.73 Å². The third-order valence-corrected chi connectivity index (χ3v) is 4.39. The zero-order chi connectivity index (χ0) is 13.4. The Kier molecular flexibility index (Phi) is 3.09. The lowest BCUT2D eigenvalue weighted by molar-refractivity contribution is 0.104. The molecule has 19 heavy (non-hydrogen) atoms. The smallest absolute Gasteiger partial charge is 0.202 e. The Morgan fingerprint density at radius 1 is 1.05 bits per heavy atom. The quantitative estimate of drug-likeness (QED) is 0.808. The van der Waals surface area contributed by atoms with E-state index in [9.17, 15) is 4.79 Å². The van der Waals surface area contributed by atoms with Crippen LogP contribution in [0.5, 0.6) is 0 Å². The first-order valence-corrected chi connectivity index (χ1v) is 6.93. The molecule has 94 valence electrons. The number of benzene rings is 2. The third-order valence-electron chi connectivity index (χ3n) is 2.95. The van der Waals surface area contributed by atoms with E-state index in [1.165, 1.54) is 11.8 Å². The summed E-state index contributed by atoms with van der Waals surface area (Å²) in [6.45, 7) is 0. The van der Waals surface area contributed by atoms with E-state index in [1.807, 2.05) is 36.4 Å². The largest absolute Gasteiger partial charge is 0.397 e. The third kappa shape index (κ3) is 2.15. The molecule has 1 aliphatic heterocycles. The lowest BCUT2D eigenvalue weighted by Crippen LogP contribution is -2.04. The van der Waals surface area contributed by atoms with E-state index >= 15 is 0 Å². The van der Waals surface area contributed by atoms with E-state index in [0.717, 1.165) is 16.0 Å². The van der Waals surface area contributed by atoms with Crippen LogP contribution in [-0.2, 0) is 0 Å². The fourth-order valence-corrected chi connectivity index (χ4v) is 3.15. The number of Topliss-reactive ketones (excluding diaryl/α,β-unsaturated/α-hetero) is 1. The second-order valence-corrected chi connectivity index (χ2v) is 5.67. The van der Waals surface area contributed by atoms with Crippen molar-refractivity contribution in [2.75, 3.05) is 0 Å². The van der Waals surface area contributed by atoms with Crippen LogP contribution in [0, 0.1) is 0 Å². The topological polar surface area (TPSA) is 43.1 Å². The number of halogens is 1. The van der Waals surface area contributed by atoms with Crippen LogP contribution in [0.1, 0.15) is 15.9 Å². The predicted octanol–water partition coefficient (Wildman–Crippen LogP) is 3.96. The molecule has 0 saturated carbocycles. The van der Waals surface area contributed by atoms with Gasteiger partial charge in [-0.1, -0.05) is 47.6 Å². The van der Waals surface area contributed by atoms with Crippen molar-refractivity contribution in [3.05, 3.63) is 69.6 Å². The minimum Gasteiger partial charge on any atom is -0.397 e. The number of nitrogens with two attached hydrogens (primary N) is 1. The van der Waals surface area contributed by atoms with E-state index in [1.54, 1.807) is 12.1 Å². The number of rotatable bonds is 1. The Morgan fingerprint density at radius 3 is 2.42 bits per heavy atom. The van der Waals surface area contributed by atoms with Gasteiger partial charge in [-0.05, 0) is 29.8 Å². The maximum absolute atomic E-state index is 12.3. The molecular weight excluding hydrogens is 278 g/mol. The van der Waals surface area contributed by atoms with Crippen molar-refractivity contribution in [1.82, 2.24) is 0 Å². The van der Waals surface area contributed by atoms with E-state index < -0.39 is 0 Å². The van der Waals surface area contributed by atoms with Gasteiger partial charge in [0.15, 0.2) is 0 Å². The molecule has 0 aromatic heterocycles. The molecule has 0 radical (unpaired) electrons. The highest BCUT2D eigenvalue weighted by atomic mass is 35.5. The molecule has 0 aliphatic carbocycles. The van der Waals surface area contributed by atoms with Crippen molar-refractivity contribution in [1.29, 1.82) is 0 Å². The number of ketones is 1. The maximum atomic E-state index is 12.3. The number of hydrogen-bond donors (Lipinski definition) is 1. The number of allylic oxidation sites excluding steroid dienone is 1. The lowest BCUT2D eigenvalue weighted by Gasteiger charge is -2.04. The Balaban J connectivity index is 2.06. The summed E-state index contributed by atoms with van der Waals surface area (Å²) in [5, 5.41) is 0.648. The van der Waals surface area contributed by atoms with Crippen LogP contribution in [0.4, 0.5) is 0 Å². The summed E-state index contributed by atoms with van der Waals surface area (Å²) in [5.74, 6) is -0.00644. The molecule has 0 bridgehead atoms. The molecule has 0 spiro atoms. The summed E-state index contributed by atoms with van der Waals surface area (Å²) in [5.41, 5.74) is 8.15. The zero-order valence-corrected chi connectivity index (χ0v) is 11.5. The Hall–Kier alpha value is -1.71. The Bertz CT molecular complexity index is 692. The normalized spacial score (nSPS) is 16.4. The molecule has 3 rings (SSSR count). The summed E-state index contributed by atoms with van der Waals surface area (Å²) >= 11 is 7.27. The lowest BCUT2D eigenvalue weighted by atomic mass is 10.1. The second-order valence-electron chi connectivity index (χ2n) is 4.18. The molecule has 2 nitrogen and oxygen atoms in total. The monoisotopic (exact) mass is 287 g/mol. The molecule has 1 heterocycles. The van der Waals surface area contributed by atoms with Gasteiger partial charge in [0.2, 0.25) is 5.78 Å². The molecule has 0 saturated heterocycles. The number of carbonyl (C=O) groups excluding carboxylic acids is 1. The average molecular weight is 288 g/mol. The van der Waals surface area contributed by atoms with Gasteiger partial charge in [0.1, 0.15) is 0 Å². The highest BCUT2D eigenvalue weighted by Gasteiger charge is 2.27. The van der Waals surface area contributed by atoms with Gasteiger partial charge in [-0.15, -0.1) is 0 Å². The molecule has 2 aromatic carbocycles. The van der Waals surface area contributed by atoms with Crippen LogP contribution in [-0.4, -0.2) is 5.78 Å². The summed E-state index contributed by atoms with van der Waals surface area (Å²) in [6, 6.07) is 14.7. The number of hydrogen-bond acceptors (Lipinski definition) is 3. The summed E-state index contributed by atoms with van der Waals surface area (Å²) in [4.78, 5) is 13.8. The van der Waals surface area contributed by atoms with Crippen LogP contribution < -0.4 is 5.73 Å². The van der Waals surface area contributed by atoms with Gasteiger partial charge in [0.05, 0.1) is 10.6 Å². The van der Waals surface area contributed by atoms with Crippen molar-refractivity contribution in [3.8, 4) is 0 Å². The van der Waals surface area contributed by atoms with Crippen molar-refractivity contribution in [2.45, 2.75) is 4.90 Å². The van der Waals surface area contributed by atoms with Crippen LogP contribution >= 0.6 is 23.4 Å². The second kappa shape index (κ2) is 4.76. The molecule has 2 N–H and O–H groups in total. The first-order chi connectivity index (χ1) is 9.16. The SMILES string of the molecule is N/C(=C1/Sc2ccccc2C1=O)c1ccc(Cl)cc1. The van der Waals surface area contributed by atoms with Crippen LogP contribution in [0.2, 0.25) is 5.02 Å². The van der Waals surface area contributed by atoms with E-state index in [4.69, 9.17) is 17.3 Å². The highest BCUT2D eigenvalue weighted by Crippen LogP contribution is 2.42. The van der Waals surface area contributed by atoms with Gasteiger partial charge >= 0.3 is 0 Å². The number of carbonyl (C=O) groups is 1. The highest BCUT2D eigenvalue weighted by molar-refractivity contribution is 8.05. The van der Waals surface area contributed by atoms with Crippen LogP contribution in [0.15, 0.2) is 58.3 Å². The Morgan fingerprint density at radius 2 is 1.74 bits per heavy atom. The first kappa shape index (κ1) is 12.3. The first-order valence-electron chi connectivity index (χ1n) is 5.74. The van der Waals surface area contributed by atoms with Gasteiger partial charge in [0.25, 0.3) is 0 Å². The minimum absolute atomic E-state index is 0.00644. The van der Waals surface area contributed by atoms with Crippen LogP contribution in [0.25, 0.3) is 5.70 Å². The van der Waals surface area contributed by atoms with Gasteiger partial charge in [-0.2, -0.15) is 0 Å². The molecule has 0 atom stereocenters. The van der Waals surface area contributed by atoms with E-state index in [2.05, 4.69) is 0 Å². The molecule has 0 unspecified atom stereocenters. The summed E-state index contributed by atoms with van der Waals surface area (Å²) in [7, 11) is 0. The van der Waals surface area contributed by atoms with Gasteiger partial charge in [-0.25, -0.2) is 0 Å². The molecule has 1 aliphatic rings. The van der Waals surface area contributed by atoms with Crippen molar-refractivity contribution >= 4 is 34.8 Å². The average Bonchev–Trinajstić information content (AvgIpc) is 2.77. The zero-order valence-electron chi connectivity index (χ0n) is 9.89. The van der Waals surface area contributed by atoms with Gasteiger partial charge in [0, 0.05) is 15.5 Å². The molecule has 0 amide bonds. The molecule has 2 aromatic rings. The minimum atomic E-state index is -0.00644. The fraction of sp³-hybridized carbons (Fsp3) is 0. The van der Waals surface area contributed by atoms with Gasteiger partial charge < -0.3 is 5.73 Å². The van der Waals surface area contributed by atoms with Crippen molar-refractivity contribution in [3.63, 3.8) is 0 Å². The van der Waals surface area contributed by atoms with Crippen LogP contribution in [0.3, 0.4) is 0 Å². The number of fused-ring (bicyclic) bond motifs is 1. The Labute approximate surface area is 120 Å². The summed E-state index contributed by atoms with van der Waals surface area (Å²) < 4.78 is 0. The molecular formula is C15H10ClNOS. The number of thioether (sulfide) groups is 1. The predicted molar refractivity (Wildman–Crippen MR) is 79.2 cm³/mol. The van der Waals surface area contributed by atoms with E-state index in [0.29, 0.717) is 15.6 Å². The molecule has 0 fully saturated rings. The van der Waals surface area contributed by atoms with Gasteiger partial charge in [-0.3, -0.25) is 4.79 Å². The standard InChI is InChI=1S/C15H10ClNOS/c16-10-7-5-9(6-8-10)13(17)15-14(18)11-3-1-2-4-12(11)19-15/h1-8H,17H2/b15-13+. The summed E-state index contributed by atoms with van der Waals surface area (Å²) in [6.07, 6.45) is 0. The molecule has 4 heteroatoms. The van der Waals surface area contributed by atoms with E-state index in [-0.39, 0.29) is 5.78 Å². The fourth-order valence-electron chi connectivity index (χ4n) is 1.96.